The maximum absolute atomic E-state index is 11.3. The predicted molar refractivity (Wildman–Crippen MR) is 92.1 cm³/mol. The van der Waals surface area contributed by atoms with Crippen molar-refractivity contribution in [2.24, 2.45) is 0 Å². The summed E-state index contributed by atoms with van der Waals surface area (Å²) in [7, 11) is 1.58. The van der Waals surface area contributed by atoms with E-state index in [4.69, 9.17) is 0 Å². The highest BCUT2D eigenvalue weighted by Crippen LogP contribution is 2.22. The van der Waals surface area contributed by atoms with Crippen LogP contribution in [0.5, 0.6) is 0 Å². The minimum Gasteiger partial charge on any atom is -0.352 e. The Balaban J connectivity index is 2.09. The highest BCUT2D eigenvalue weighted by molar-refractivity contribution is 5.89. The number of anilines is 1. The Bertz CT molecular complexity index is 681. The fourth-order valence-corrected chi connectivity index (χ4v) is 2.13. The highest BCUT2D eigenvalue weighted by atomic mass is 16.2. The number of rotatable bonds is 5. The Kier molecular flexibility index (Phi) is 5.74. The average Bonchev–Trinajstić information content (AvgIpc) is 2.60. The molecule has 0 saturated carbocycles. The third-order valence-electron chi connectivity index (χ3n) is 3.44. The summed E-state index contributed by atoms with van der Waals surface area (Å²) in [6, 6.07) is 15.4. The van der Waals surface area contributed by atoms with E-state index in [9.17, 15) is 9.59 Å². The average molecular weight is 311 g/mol. The van der Waals surface area contributed by atoms with E-state index < -0.39 is 0 Å². The third kappa shape index (κ3) is 4.85. The van der Waals surface area contributed by atoms with Crippen molar-refractivity contribution in [2.75, 3.05) is 12.4 Å². The number of nitrogens with one attached hydrogen (secondary N) is 3. The van der Waals surface area contributed by atoms with Gasteiger partial charge >= 0.3 is 6.03 Å². The smallest absolute Gasteiger partial charge is 0.318 e. The van der Waals surface area contributed by atoms with Crippen molar-refractivity contribution in [2.45, 2.75) is 19.9 Å². The largest absolute Gasteiger partial charge is 0.352 e. The Morgan fingerprint density at radius 1 is 1.00 bits per heavy atom. The Morgan fingerprint density at radius 2 is 1.74 bits per heavy atom. The molecule has 0 atom stereocenters. The van der Waals surface area contributed by atoms with Crippen LogP contribution in [0.3, 0.4) is 0 Å². The number of carbonyl (C=O) groups excluding carboxylic acids is 2. The molecule has 0 aliphatic heterocycles. The summed E-state index contributed by atoms with van der Waals surface area (Å²) in [5, 5.41) is 8.10. The lowest BCUT2D eigenvalue weighted by molar-refractivity contribution is -0.120. The van der Waals surface area contributed by atoms with Crippen LogP contribution in [0.2, 0.25) is 0 Å². The number of hydrogen-bond donors (Lipinski definition) is 3. The Labute approximate surface area is 136 Å². The van der Waals surface area contributed by atoms with Gasteiger partial charge in [-0.25, -0.2) is 4.79 Å². The molecule has 0 bridgehead atoms. The zero-order valence-electron chi connectivity index (χ0n) is 13.3. The molecule has 23 heavy (non-hydrogen) atoms. The predicted octanol–water partition coefficient (Wildman–Crippen LogP) is 3.13. The fraction of sp³-hybridized carbons (Fsp3) is 0.222. The van der Waals surface area contributed by atoms with Gasteiger partial charge < -0.3 is 16.0 Å². The SMILES string of the molecule is CCC(=O)NCc1cccc(-c2ccc(NC(=O)NC)cc2)c1. The van der Waals surface area contributed by atoms with Crippen molar-refractivity contribution < 1.29 is 9.59 Å². The van der Waals surface area contributed by atoms with Crippen LogP contribution in [-0.2, 0) is 11.3 Å². The minimum absolute atomic E-state index is 0.0417. The second-order valence-corrected chi connectivity index (χ2v) is 5.11. The van der Waals surface area contributed by atoms with Gasteiger partial charge in [0, 0.05) is 25.7 Å². The number of hydrogen-bond acceptors (Lipinski definition) is 2. The van der Waals surface area contributed by atoms with Gasteiger partial charge in [0.05, 0.1) is 0 Å². The second-order valence-electron chi connectivity index (χ2n) is 5.11. The van der Waals surface area contributed by atoms with E-state index in [-0.39, 0.29) is 11.9 Å². The summed E-state index contributed by atoms with van der Waals surface area (Å²) < 4.78 is 0. The molecule has 5 nitrogen and oxygen atoms in total. The van der Waals surface area contributed by atoms with Crippen molar-refractivity contribution in [3.05, 3.63) is 54.1 Å². The van der Waals surface area contributed by atoms with Crippen molar-refractivity contribution >= 4 is 17.6 Å². The first-order chi connectivity index (χ1) is 11.1. The van der Waals surface area contributed by atoms with Crippen LogP contribution in [0.1, 0.15) is 18.9 Å². The van der Waals surface area contributed by atoms with Gasteiger partial charge in [-0.05, 0) is 34.9 Å². The van der Waals surface area contributed by atoms with Gasteiger partial charge in [0.1, 0.15) is 0 Å². The van der Waals surface area contributed by atoms with Gasteiger partial charge in [0.25, 0.3) is 0 Å². The molecule has 0 radical (unpaired) electrons. The maximum atomic E-state index is 11.3. The summed E-state index contributed by atoms with van der Waals surface area (Å²) in [6.07, 6.45) is 0.486. The van der Waals surface area contributed by atoms with Crippen molar-refractivity contribution in [1.82, 2.24) is 10.6 Å². The monoisotopic (exact) mass is 311 g/mol. The summed E-state index contributed by atoms with van der Waals surface area (Å²) in [5.41, 5.74) is 3.91. The number of amides is 3. The molecule has 0 spiro atoms. The van der Waals surface area contributed by atoms with Gasteiger partial charge in [-0.15, -0.1) is 0 Å². The second kappa shape index (κ2) is 7.98. The van der Waals surface area contributed by atoms with Crippen LogP contribution in [-0.4, -0.2) is 19.0 Å². The summed E-state index contributed by atoms with van der Waals surface area (Å²) in [6.45, 7) is 2.36. The highest BCUT2D eigenvalue weighted by Gasteiger charge is 2.03. The van der Waals surface area contributed by atoms with Crippen molar-refractivity contribution in [3.63, 3.8) is 0 Å². The molecule has 0 saturated heterocycles. The minimum atomic E-state index is -0.244. The van der Waals surface area contributed by atoms with E-state index in [0.717, 1.165) is 22.4 Å². The van der Waals surface area contributed by atoms with E-state index in [1.807, 2.05) is 49.4 Å². The Morgan fingerprint density at radius 3 is 2.39 bits per heavy atom. The normalized spacial score (nSPS) is 10.0. The number of urea groups is 1. The summed E-state index contributed by atoms with van der Waals surface area (Å²) in [5.74, 6) is 0.0417. The number of benzene rings is 2. The van der Waals surface area contributed by atoms with Crippen LogP contribution in [0.4, 0.5) is 10.5 Å². The summed E-state index contributed by atoms with van der Waals surface area (Å²) >= 11 is 0. The van der Waals surface area contributed by atoms with E-state index >= 15 is 0 Å². The zero-order valence-corrected chi connectivity index (χ0v) is 13.3. The van der Waals surface area contributed by atoms with E-state index in [2.05, 4.69) is 22.0 Å². The molecule has 0 aliphatic carbocycles. The van der Waals surface area contributed by atoms with Crippen LogP contribution in [0, 0.1) is 0 Å². The van der Waals surface area contributed by atoms with Crippen molar-refractivity contribution in [3.8, 4) is 11.1 Å². The third-order valence-corrected chi connectivity index (χ3v) is 3.44. The van der Waals surface area contributed by atoms with Gasteiger partial charge in [0.2, 0.25) is 5.91 Å². The van der Waals surface area contributed by atoms with Crippen LogP contribution < -0.4 is 16.0 Å². The molecule has 0 heterocycles. The molecule has 0 aliphatic rings. The van der Waals surface area contributed by atoms with Crippen molar-refractivity contribution in [1.29, 1.82) is 0 Å². The van der Waals surface area contributed by atoms with Crippen LogP contribution in [0.25, 0.3) is 11.1 Å². The molecule has 2 aromatic carbocycles. The lowest BCUT2D eigenvalue weighted by Crippen LogP contribution is -2.24. The van der Waals surface area contributed by atoms with E-state index in [1.54, 1.807) is 7.05 Å². The number of carbonyl (C=O) groups is 2. The molecular weight excluding hydrogens is 290 g/mol. The standard InChI is InChI=1S/C18H21N3O2/c1-3-17(22)20-12-13-5-4-6-15(11-13)14-7-9-16(10-8-14)21-18(23)19-2/h4-11H,3,12H2,1-2H3,(H,20,22)(H2,19,21,23). The van der Waals surface area contributed by atoms with Gasteiger partial charge in [-0.1, -0.05) is 37.3 Å². The maximum Gasteiger partial charge on any atom is 0.318 e. The summed E-state index contributed by atoms with van der Waals surface area (Å²) in [4.78, 5) is 22.6. The molecule has 3 amide bonds. The molecule has 3 N–H and O–H groups in total. The van der Waals surface area contributed by atoms with Gasteiger partial charge in [-0.2, -0.15) is 0 Å². The van der Waals surface area contributed by atoms with Crippen LogP contribution in [0.15, 0.2) is 48.5 Å². The lowest BCUT2D eigenvalue weighted by atomic mass is 10.0. The van der Waals surface area contributed by atoms with Gasteiger partial charge in [-0.3, -0.25) is 4.79 Å². The first kappa shape index (κ1) is 16.5. The van der Waals surface area contributed by atoms with E-state index in [0.29, 0.717) is 13.0 Å². The molecule has 120 valence electrons. The molecule has 2 aromatic rings. The topological polar surface area (TPSA) is 70.2 Å². The first-order valence-electron chi connectivity index (χ1n) is 7.57. The van der Waals surface area contributed by atoms with E-state index in [1.165, 1.54) is 0 Å². The molecular formula is C18H21N3O2. The molecule has 0 unspecified atom stereocenters. The first-order valence-corrected chi connectivity index (χ1v) is 7.57. The molecule has 2 rings (SSSR count). The fourth-order valence-electron chi connectivity index (χ4n) is 2.13. The molecule has 0 fully saturated rings. The molecule has 0 aromatic heterocycles. The lowest BCUT2D eigenvalue weighted by Gasteiger charge is -2.08. The van der Waals surface area contributed by atoms with Crippen LogP contribution >= 0.6 is 0 Å². The Hall–Kier alpha value is -2.82. The van der Waals surface area contributed by atoms with Gasteiger partial charge in [0.15, 0.2) is 0 Å². The quantitative estimate of drug-likeness (QED) is 0.794. The molecule has 5 heteroatoms. The zero-order chi connectivity index (χ0) is 16.7.